The number of unbranched alkanes of at least 4 members (excludes halogenated alkanes) is 1. The van der Waals surface area contributed by atoms with Crippen molar-refractivity contribution in [1.29, 1.82) is 0 Å². The summed E-state index contributed by atoms with van der Waals surface area (Å²) in [6, 6.07) is 11.8. The molecule has 8 amide bonds. The summed E-state index contributed by atoms with van der Waals surface area (Å²) in [5.74, 6) is -7.73. The molecule has 13 atom stereocenters. The number of amides is 8. The number of methoxy groups -OCH3 is 2. The number of aliphatic hydroxyl groups is 1. The first-order chi connectivity index (χ1) is 52.6. The van der Waals surface area contributed by atoms with E-state index in [1.54, 1.807) is 63.4 Å². The Bertz CT molecular complexity index is 3530. The fraction of sp³-hybridized carbons (Fsp3) is 0.679. The molecule has 0 aliphatic carbocycles. The van der Waals surface area contributed by atoms with Gasteiger partial charge in [-0.2, -0.15) is 0 Å². The van der Waals surface area contributed by atoms with Crippen LogP contribution in [0.4, 0.5) is 15.3 Å². The monoisotopic (exact) mass is 1580 g/mol. The first kappa shape index (κ1) is 96.5. The van der Waals surface area contributed by atoms with Crippen molar-refractivity contribution in [2.24, 2.45) is 58.3 Å². The third kappa shape index (κ3) is 31.5. The molecule has 2 heterocycles. The number of anilines is 1. The number of nitrogens with zero attached hydrogens (tertiary/aromatic N) is 3. The van der Waals surface area contributed by atoms with Gasteiger partial charge in [0.1, 0.15) is 12.4 Å². The highest BCUT2D eigenvalue weighted by atomic mass is 32.1. The number of Topliss-reactive ketones (excluding diaryl/α,β-unsaturated/α-hetero) is 5. The summed E-state index contributed by atoms with van der Waals surface area (Å²) >= 11 is 1.53. The van der Waals surface area contributed by atoms with Crippen molar-refractivity contribution < 1.29 is 76.9 Å². The van der Waals surface area contributed by atoms with E-state index in [9.17, 15) is 62.6 Å². The number of hydrogen-bond acceptors (Lipinski definition) is 20. The molecule has 3 aromatic rings. The largest absolute Gasteiger partial charge is 0.445 e. The number of carbonyl (C=O) groups excluding carboxylic acids is 12. The van der Waals surface area contributed by atoms with Crippen molar-refractivity contribution in [2.45, 2.75) is 273 Å². The van der Waals surface area contributed by atoms with Gasteiger partial charge in [0.25, 0.3) is 0 Å². The topological polar surface area (TPSA) is 396 Å². The second kappa shape index (κ2) is 46.5. The predicted molar refractivity (Wildman–Crippen MR) is 433 cm³/mol. The van der Waals surface area contributed by atoms with E-state index < -0.39 is 125 Å². The Morgan fingerprint density at radius 2 is 1.37 bits per heavy atom. The van der Waals surface area contributed by atoms with Crippen molar-refractivity contribution in [3.05, 3.63) is 82.3 Å². The molecule has 626 valence electrons. The van der Waals surface area contributed by atoms with E-state index in [-0.39, 0.29) is 136 Å². The maximum atomic E-state index is 14.9. The van der Waals surface area contributed by atoms with Gasteiger partial charge in [0.15, 0.2) is 23.1 Å². The van der Waals surface area contributed by atoms with Gasteiger partial charge >= 0.3 is 12.1 Å². The number of primary amides is 1. The van der Waals surface area contributed by atoms with E-state index in [1.807, 2.05) is 117 Å². The Kier molecular flexibility index (Phi) is 40.0. The number of urea groups is 1. The molecule has 0 spiro atoms. The van der Waals surface area contributed by atoms with Crippen LogP contribution in [0.1, 0.15) is 222 Å². The van der Waals surface area contributed by atoms with E-state index in [0.29, 0.717) is 56.3 Å². The van der Waals surface area contributed by atoms with Gasteiger partial charge in [0.2, 0.25) is 29.5 Å². The van der Waals surface area contributed by atoms with Gasteiger partial charge in [-0.15, -0.1) is 11.3 Å². The quantitative estimate of drug-likeness (QED) is 0.0237. The highest BCUT2D eigenvalue weighted by Crippen LogP contribution is 2.35. The molecule has 0 bridgehead atoms. The van der Waals surface area contributed by atoms with Crippen molar-refractivity contribution in [2.75, 3.05) is 52.8 Å². The molecule has 1 aliphatic rings. The molecule has 1 fully saturated rings. The number of rotatable bonds is 50. The molecular weight excluding hydrogens is 1450 g/mol. The number of nitrogens with one attached hydrogen (secondary N) is 6. The van der Waals surface area contributed by atoms with Gasteiger partial charge < -0.3 is 72.5 Å². The predicted octanol–water partition coefficient (Wildman–Crippen LogP) is 9.72. The fourth-order valence-corrected chi connectivity index (χ4v) is 15.2. The Morgan fingerprint density at radius 1 is 0.732 bits per heavy atom. The molecular formula is C84H133N11O16S. The van der Waals surface area contributed by atoms with Gasteiger partial charge in [-0.3, -0.25) is 47.9 Å². The number of thiazole rings is 1. The number of hydrogen-bond donors (Lipinski definition) is 9. The van der Waals surface area contributed by atoms with E-state index in [0.717, 1.165) is 17.0 Å². The fourth-order valence-electron chi connectivity index (χ4n) is 14.5. The molecule has 0 saturated carbocycles. The van der Waals surface area contributed by atoms with Crippen LogP contribution in [0.25, 0.3) is 0 Å². The zero-order valence-corrected chi connectivity index (χ0v) is 70.7. The lowest BCUT2D eigenvalue weighted by molar-refractivity contribution is -0.149. The molecule has 0 unspecified atom stereocenters. The van der Waals surface area contributed by atoms with Crippen LogP contribution in [0.3, 0.4) is 0 Å². The minimum Gasteiger partial charge on any atom is -0.445 e. The Labute approximate surface area is 668 Å². The minimum absolute atomic E-state index is 0.000149. The van der Waals surface area contributed by atoms with Gasteiger partial charge in [0.05, 0.1) is 66.0 Å². The first-order valence-electron chi connectivity index (χ1n) is 39.9. The lowest BCUT2D eigenvalue weighted by Gasteiger charge is -2.41. The average Bonchev–Trinajstić information content (AvgIpc) is 1.34. The Hall–Kier alpha value is -7.89. The van der Waals surface area contributed by atoms with Gasteiger partial charge in [0, 0.05) is 131 Å². The maximum Gasteiger partial charge on any atom is 0.408 e. The zero-order chi connectivity index (χ0) is 84.0. The van der Waals surface area contributed by atoms with Crippen molar-refractivity contribution in [1.82, 2.24) is 41.4 Å². The summed E-state index contributed by atoms with van der Waals surface area (Å²) in [4.78, 5) is 173. The first-order valence-corrected chi connectivity index (χ1v) is 40.8. The molecule has 27 nitrogen and oxygen atoms in total. The maximum absolute atomic E-state index is 14.9. The lowest BCUT2D eigenvalue weighted by Crippen LogP contribution is -2.55. The number of ether oxygens (including phenoxy) is 3. The molecule has 11 N–H and O–H groups in total. The van der Waals surface area contributed by atoms with Crippen LogP contribution in [0.15, 0.2) is 66.2 Å². The third-order valence-electron chi connectivity index (χ3n) is 21.4. The molecule has 2 aromatic carbocycles. The number of carbonyl (C=O) groups is 12. The summed E-state index contributed by atoms with van der Waals surface area (Å²) in [7, 11) is 4.78. The van der Waals surface area contributed by atoms with E-state index in [4.69, 9.17) is 25.7 Å². The third-order valence-corrected chi connectivity index (χ3v) is 22.3. The average molecular weight is 1590 g/mol. The van der Waals surface area contributed by atoms with Gasteiger partial charge in [-0.25, -0.2) is 14.6 Å². The highest BCUT2D eigenvalue weighted by molar-refractivity contribution is 7.09. The van der Waals surface area contributed by atoms with Crippen LogP contribution in [0.5, 0.6) is 0 Å². The van der Waals surface area contributed by atoms with Crippen LogP contribution in [-0.2, 0) is 75.2 Å². The number of aliphatic hydroxyl groups excluding tert-OH is 1. The second-order valence-corrected chi connectivity index (χ2v) is 34.6. The van der Waals surface area contributed by atoms with Crippen LogP contribution >= 0.6 is 11.3 Å². The molecule has 112 heavy (non-hydrogen) atoms. The summed E-state index contributed by atoms with van der Waals surface area (Å²) in [6.45, 7) is 27.4. The summed E-state index contributed by atoms with van der Waals surface area (Å²) in [5.41, 5.74) is 10.7. The summed E-state index contributed by atoms with van der Waals surface area (Å²) < 4.78 is 17.9. The number of aromatic nitrogens is 1. The normalized spacial score (nSPS) is 16.6. The number of alkyl carbamates (subject to hydrolysis) is 1. The van der Waals surface area contributed by atoms with Crippen molar-refractivity contribution in [3.8, 4) is 0 Å². The van der Waals surface area contributed by atoms with E-state index >= 15 is 0 Å². The number of nitrogens with two attached hydrogens (primary N) is 2. The number of likely N-dealkylation sites (N-methyl/N-ethyl adjacent to an activating group) is 1. The molecule has 4 rings (SSSR count). The van der Waals surface area contributed by atoms with E-state index in [2.05, 4.69) is 36.9 Å². The number of ketones is 5. The summed E-state index contributed by atoms with van der Waals surface area (Å²) in [6.07, 6.45) is 3.24. The number of likely N-dealkylation sites (tertiary alicyclic amines) is 1. The highest BCUT2D eigenvalue weighted by Gasteiger charge is 2.45. The smallest absolute Gasteiger partial charge is 0.408 e. The van der Waals surface area contributed by atoms with Crippen LogP contribution in [-0.4, -0.2) is 191 Å². The molecule has 28 heteroatoms. The zero-order valence-electron chi connectivity index (χ0n) is 69.8. The molecule has 1 aliphatic heterocycles. The number of benzene rings is 2. The van der Waals surface area contributed by atoms with Crippen molar-refractivity contribution in [3.63, 3.8) is 0 Å². The summed E-state index contributed by atoms with van der Waals surface area (Å²) in [5, 5.41) is 29.6. The lowest BCUT2D eigenvalue weighted by atomic mass is 9.83. The standard InChI is InChI=1S/C84H133N11O16S/c1-19-53(6)73(68(109-17)48-71(102)95-41-26-31-64(95)74(110-18)54(7)65(97)46-59(78-88-40-42-112-78)43-55-27-21-20-22-28-55)94(16)79(106)61(51(2)3)47-69(100)84(14,15)93-81(108)111-50-56-32-34-60(35-33-56)90-76(104)58(30-25-39-89-80(86)107)45-67(99)72(52(4)5)91-77(105)57(44-66(98)62(85)49-96)29-23-24-38-87-70(101)37-36-63(92-83(11,12)13)75(103)82(8,9)10/h20-22,27-28,32-35,40,42,51-54,57-59,61-64,68,72-74,92,96H,19,23-26,29-31,36-39,41,43-50,85H2,1-18H3,(H,87,101)(H,90,104)(H,91,105)(H,93,108)(H3,86,89,107)/t53-,54-,57+,58+,59+,61-,62-,63+,64-,68+,72-,73-,74+/m0/s1. The SMILES string of the molecule is CC[C@H](C)[C@@H]([C@@H](CC(=O)N1CCC[C@H]1[C@H](OC)[C@@H](C)C(=O)C[C@@H](Cc1ccccc1)c1nccs1)OC)N(C)C(=O)[C@@H](CC(=O)C(C)(C)NC(=O)OCc1ccc(NC(=O)[C@H](CCCNC(N)=O)CC(=O)[C@@H](NC(=O)[C@H](CCCCNC(=O)CC[C@@H](NC(C)(C)C)C(=O)C(C)(C)C)CC(=O)[C@@H](N)CO)C(C)C)cc1)C(C)C. The van der Waals surface area contributed by atoms with Gasteiger partial charge in [-0.05, 0) is 127 Å². The molecule has 1 aromatic heterocycles. The Balaban J connectivity index is 1.38. The molecule has 1 saturated heterocycles. The van der Waals surface area contributed by atoms with E-state index in [1.165, 1.54) is 32.3 Å². The van der Waals surface area contributed by atoms with Crippen LogP contribution < -0.4 is 43.4 Å². The van der Waals surface area contributed by atoms with Crippen LogP contribution in [0.2, 0.25) is 0 Å². The Morgan fingerprint density at radius 3 is 1.94 bits per heavy atom. The van der Waals surface area contributed by atoms with Crippen molar-refractivity contribution >= 4 is 87.6 Å². The van der Waals surface area contributed by atoms with Gasteiger partial charge in [-0.1, -0.05) is 125 Å². The minimum atomic E-state index is -1.50. The second-order valence-electron chi connectivity index (χ2n) is 33.6. The molecule has 0 radical (unpaired) electrons. The van der Waals surface area contributed by atoms with Crippen LogP contribution in [0, 0.1) is 46.8 Å².